The van der Waals surface area contributed by atoms with Crippen molar-refractivity contribution < 1.29 is 22.8 Å². The number of hydrogen-bond acceptors (Lipinski definition) is 4. The number of carbonyl (C=O) groups excluding carboxylic acids is 2. The summed E-state index contributed by atoms with van der Waals surface area (Å²) in [6, 6.07) is 12.0. The number of amidine groups is 1. The van der Waals surface area contributed by atoms with Crippen LogP contribution in [-0.4, -0.2) is 34.2 Å². The van der Waals surface area contributed by atoms with E-state index in [-0.39, 0.29) is 29.1 Å². The number of anilines is 1. The van der Waals surface area contributed by atoms with E-state index in [2.05, 4.69) is 10.3 Å². The van der Waals surface area contributed by atoms with Gasteiger partial charge in [0, 0.05) is 19.2 Å². The third kappa shape index (κ3) is 5.10. The Morgan fingerprint density at radius 1 is 1.24 bits per heavy atom. The van der Waals surface area contributed by atoms with Crippen molar-refractivity contribution >= 4 is 51.7 Å². The number of amides is 2. The molecule has 2 amide bonds. The van der Waals surface area contributed by atoms with Crippen molar-refractivity contribution in [2.45, 2.75) is 17.8 Å². The van der Waals surface area contributed by atoms with Gasteiger partial charge in [-0.2, -0.15) is 13.2 Å². The zero-order valence-corrected chi connectivity index (χ0v) is 16.6. The predicted molar refractivity (Wildman–Crippen MR) is 107 cm³/mol. The van der Waals surface area contributed by atoms with Crippen molar-refractivity contribution in [3.8, 4) is 0 Å². The third-order valence-electron chi connectivity index (χ3n) is 4.08. The van der Waals surface area contributed by atoms with Gasteiger partial charge in [-0.1, -0.05) is 41.6 Å². The van der Waals surface area contributed by atoms with Crippen LogP contribution in [0.15, 0.2) is 53.5 Å². The van der Waals surface area contributed by atoms with E-state index in [1.807, 2.05) is 0 Å². The highest BCUT2D eigenvalue weighted by Gasteiger charge is 2.35. The number of thioether (sulfide) groups is 1. The van der Waals surface area contributed by atoms with Gasteiger partial charge in [-0.25, -0.2) is 4.99 Å². The molecule has 1 unspecified atom stereocenters. The Kier molecular flexibility index (Phi) is 6.18. The molecule has 1 fully saturated rings. The Bertz CT molecular complexity index is 967. The first-order chi connectivity index (χ1) is 13.6. The smallest absolute Gasteiger partial charge is 0.325 e. The van der Waals surface area contributed by atoms with Crippen molar-refractivity contribution in [1.82, 2.24) is 4.90 Å². The van der Waals surface area contributed by atoms with E-state index in [0.717, 1.165) is 23.9 Å². The predicted octanol–water partition coefficient (Wildman–Crippen LogP) is 4.95. The zero-order valence-electron chi connectivity index (χ0n) is 15.0. The van der Waals surface area contributed by atoms with Crippen LogP contribution in [0.2, 0.25) is 5.02 Å². The van der Waals surface area contributed by atoms with E-state index in [1.165, 1.54) is 18.0 Å². The standard InChI is InChI=1S/C19H15ClF3N3O2S/c1-26-16(27)10-15(17(28)24-11-5-3-2-4-6-11)29-18(26)25-12-7-8-14(20)13(9-12)19(21,22)23/h2-9,15H,10H2,1H3,(H,24,28). The number of halogens is 4. The van der Waals surface area contributed by atoms with Crippen molar-refractivity contribution in [1.29, 1.82) is 0 Å². The maximum absolute atomic E-state index is 13.1. The van der Waals surface area contributed by atoms with Gasteiger partial charge in [0.05, 0.1) is 16.3 Å². The van der Waals surface area contributed by atoms with Crippen LogP contribution in [0.4, 0.5) is 24.5 Å². The molecule has 0 bridgehead atoms. The molecule has 2 aromatic carbocycles. The number of rotatable bonds is 3. The molecule has 1 aliphatic rings. The Morgan fingerprint density at radius 2 is 1.93 bits per heavy atom. The Labute approximate surface area is 173 Å². The average molecular weight is 442 g/mol. The van der Waals surface area contributed by atoms with E-state index in [9.17, 15) is 22.8 Å². The van der Waals surface area contributed by atoms with Crippen molar-refractivity contribution in [2.24, 2.45) is 4.99 Å². The summed E-state index contributed by atoms with van der Waals surface area (Å²) < 4.78 is 39.2. The van der Waals surface area contributed by atoms with E-state index in [0.29, 0.717) is 5.69 Å². The topological polar surface area (TPSA) is 61.8 Å². The summed E-state index contributed by atoms with van der Waals surface area (Å²) in [5.41, 5.74) is -0.461. The summed E-state index contributed by atoms with van der Waals surface area (Å²) in [5, 5.41) is 1.65. The molecule has 1 N–H and O–H groups in total. The monoisotopic (exact) mass is 441 g/mol. The molecule has 0 spiro atoms. The van der Waals surface area contributed by atoms with Crippen LogP contribution >= 0.6 is 23.4 Å². The van der Waals surface area contributed by atoms with E-state index in [4.69, 9.17) is 11.6 Å². The van der Waals surface area contributed by atoms with Crippen LogP contribution in [0, 0.1) is 0 Å². The van der Waals surface area contributed by atoms with Gasteiger partial charge in [0.1, 0.15) is 5.25 Å². The summed E-state index contributed by atoms with van der Waals surface area (Å²) in [6.07, 6.45) is -4.68. The van der Waals surface area contributed by atoms with E-state index < -0.39 is 22.0 Å². The lowest BCUT2D eigenvalue weighted by atomic mass is 10.2. The lowest BCUT2D eigenvalue weighted by molar-refractivity contribution is -0.137. The number of nitrogens with one attached hydrogen (secondary N) is 1. The first-order valence-corrected chi connectivity index (χ1v) is 9.65. The first kappa shape index (κ1) is 21.2. The highest BCUT2D eigenvalue weighted by Crippen LogP contribution is 2.37. The minimum absolute atomic E-state index is 0.0204. The zero-order chi connectivity index (χ0) is 21.2. The third-order valence-corrected chi connectivity index (χ3v) is 5.65. The summed E-state index contributed by atoms with van der Waals surface area (Å²) >= 11 is 6.64. The summed E-state index contributed by atoms with van der Waals surface area (Å²) in [4.78, 5) is 30.2. The van der Waals surface area contributed by atoms with Crippen LogP contribution in [0.1, 0.15) is 12.0 Å². The normalized spacial score (nSPS) is 18.8. The number of hydrogen-bond donors (Lipinski definition) is 1. The van der Waals surface area contributed by atoms with Gasteiger partial charge in [-0.3, -0.25) is 14.5 Å². The molecule has 0 aliphatic carbocycles. The molecule has 1 aliphatic heterocycles. The minimum Gasteiger partial charge on any atom is -0.325 e. The largest absolute Gasteiger partial charge is 0.417 e. The maximum Gasteiger partial charge on any atom is 0.417 e. The molecular weight excluding hydrogens is 427 g/mol. The number of benzene rings is 2. The number of alkyl halides is 3. The maximum atomic E-state index is 13.1. The molecule has 1 atom stereocenters. The molecular formula is C19H15ClF3N3O2S. The van der Waals surface area contributed by atoms with Crippen LogP contribution < -0.4 is 5.32 Å². The summed E-state index contributed by atoms with van der Waals surface area (Å²) in [6.45, 7) is 0. The lowest BCUT2D eigenvalue weighted by Crippen LogP contribution is -2.43. The van der Waals surface area contributed by atoms with Gasteiger partial charge < -0.3 is 5.32 Å². The van der Waals surface area contributed by atoms with E-state index >= 15 is 0 Å². The van der Waals surface area contributed by atoms with Gasteiger partial charge in [-0.05, 0) is 30.3 Å². The molecule has 0 radical (unpaired) electrons. The second kappa shape index (κ2) is 8.46. The van der Waals surface area contributed by atoms with Crippen molar-refractivity contribution in [3.63, 3.8) is 0 Å². The summed E-state index contributed by atoms with van der Waals surface area (Å²) in [5.74, 6) is -0.747. The van der Waals surface area contributed by atoms with Crippen LogP contribution in [0.5, 0.6) is 0 Å². The highest BCUT2D eigenvalue weighted by molar-refractivity contribution is 8.15. The van der Waals surface area contributed by atoms with Crippen molar-refractivity contribution in [3.05, 3.63) is 59.1 Å². The molecule has 3 rings (SSSR count). The Hall–Kier alpha value is -2.52. The van der Waals surface area contributed by atoms with Crippen LogP contribution in [0.25, 0.3) is 0 Å². The van der Waals surface area contributed by atoms with Gasteiger partial charge >= 0.3 is 6.18 Å². The SMILES string of the molecule is CN1C(=O)CC(C(=O)Nc2ccccc2)SC1=Nc1ccc(Cl)c(C(F)(F)F)c1. The second-order valence-electron chi connectivity index (χ2n) is 6.17. The molecule has 29 heavy (non-hydrogen) atoms. The van der Waals surface area contributed by atoms with Gasteiger partial charge in [0.15, 0.2) is 5.17 Å². The minimum atomic E-state index is -4.63. The quantitative estimate of drug-likeness (QED) is 0.733. The lowest BCUT2D eigenvalue weighted by Gasteiger charge is -2.28. The number of carbonyl (C=O) groups is 2. The summed E-state index contributed by atoms with van der Waals surface area (Å²) in [7, 11) is 1.46. The van der Waals surface area contributed by atoms with E-state index in [1.54, 1.807) is 30.3 Å². The second-order valence-corrected chi connectivity index (χ2v) is 7.75. The molecule has 0 aromatic heterocycles. The van der Waals surface area contributed by atoms with Gasteiger partial charge in [0.2, 0.25) is 11.8 Å². The van der Waals surface area contributed by atoms with Crippen LogP contribution in [-0.2, 0) is 15.8 Å². The number of aliphatic imine (C=N–C) groups is 1. The molecule has 10 heteroatoms. The molecule has 1 heterocycles. The molecule has 0 saturated carbocycles. The Balaban J connectivity index is 1.85. The molecule has 2 aromatic rings. The first-order valence-electron chi connectivity index (χ1n) is 8.39. The van der Waals surface area contributed by atoms with Gasteiger partial charge in [-0.15, -0.1) is 0 Å². The average Bonchev–Trinajstić information content (AvgIpc) is 2.66. The Morgan fingerprint density at radius 3 is 2.59 bits per heavy atom. The molecule has 1 saturated heterocycles. The fourth-order valence-electron chi connectivity index (χ4n) is 2.55. The van der Waals surface area contributed by atoms with Crippen molar-refractivity contribution in [2.75, 3.05) is 12.4 Å². The number of nitrogens with zero attached hydrogens (tertiary/aromatic N) is 2. The van der Waals surface area contributed by atoms with Crippen LogP contribution in [0.3, 0.4) is 0 Å². The number of para-hydroxylation sites is 1. The fourth-order valence-corrected chi connectivity index (χ4v) is 3.84. The molecule has 152 valence electrons. The van der Waals surface area contributed by atoms with Gasteiger partial charge in [0.25, 0.3) is 0 Å². The molecule has 5 nitrogen and oxygen atoms in total. The fraction of sp³-hybridized carbons (Fsp3) is 0.211. The highest BCUT2D eigenvalue weighted by atomic mass is 35.5.